The summed E-state index contributed by atoms with van der Waals surface area (Å²) in [4.78, 5) is 8.16. The smallest absolute Gasteiger partial charge is 0.206 e. The van der Waals surface area contributed by atoms with E-state index in [1.54, 1.807) is 18.2 Å². The Morgan fingerprint density at radius 2 is 1.03 bits per heavy atom. The Kier molecular flexibility index (Phi) is 4.39. The lowest BCUT2D eigenvalue weighted by atomic mass is 10.0. The molecule has 0 unspecified atom stereocenters. The molecule has 0 bridgehead atoms. The van der Waals surface area contributed by atoms with Crippen molar-refractivity contribution in [1.82, 2.24) is 0 Å². The van der Waals surface area contributed by atoms with Crippen LogP contribution in [0.2, 0.25) is 0 Å². The van der Waals surface area contributed by atoms with Crippen molar-refractivity contribution < 1.29 is 4.39 Å². The summed E-state index contributed by atoms with van der Waals surface area (Å²) in [6, 6.07) is 23.7. The molecule has 0 aromatic heterocycles. The summed E-state index contributed by atoms with van der Waals surface area (Å²) >= 11 is 0. The van der Waals surface area contributed by atoms with Crippen LogP contribution in [0.4, 0.5) is 4.39 Å². The summed E-state index contributed by atoms with van der Waals surface area (Å²) < 4.78 is 14.0. The Morgan fingerprint density at radius 3 is 1.60 bits per heavy atom. The van der Waals surface area contributed by atoms with Crippen molar-refractivity contribution in [2.75, 3.05) is 0 Å². The standard InChI is InChI=1S/C29H12FN5/c30-19-6-8-21-23-12-26-22(11-27(23)29(35-15-33)25(21)10-19)20-7-5-18(9-24(20)28(26)34-14-32)17-3-1-16(13-31)2-4-17/h1-12H/b34-28+,35-29+. The monoisotopic (exact) mass is 449 g/mol. The highest BCUT2D eigenvalue weighted by Crippen LogP contribution is 2.34. The minimum atomic E-state index is -0.401. The molecule has 0 aliphatic rings. The number of nitrogens with zero attached hydrogens (tertiary/aromatic N) is 5. The zero-order valence-electron chi connectivity index (χ0n) is 18.0. The van der Waals surface area contributed by atoms with Gasteiger partial charge in [0.2, 0.25) is 12.4 Å². The molecule has 0 spiro atoms. The Balaban J connectivity index is 1.74. The molecule has 0 aliphatic heterocycles. The molecule has 6 rings (SSSR count). The van der Waals surface area contributed by atoms with Crippen molar-refractivity contribution >= 4 is 43.1 Å². The molecule has 160 valence electrons. The van der Waals surface area contributed by atoms with Crippen LogP contribution in [0.3, 0.4) is 0 Å². The van der Waals surface area contributed by atoms with Crippen LogP contribution in [0.5, 0.6) is 0 Å². The number of hydrogen-bond donors (Lipinski definition) is 0. The first-order valence-electron chi connectivity index (χ1n) is 10.7. The summed E-state index contributed by atoms with van der Waals surface area (Å²) in [5, 5.41) is 35.1. The van der Waals surface area contributed by atoms with Crippen LogP contribution in [-0.4, -0.2) is 0 Å². The van der Waals surface area contributed by atoms with Gasteiger partial charge in [0, 0.05) is 21.5 Å². The van der Waals surface area contributed by atoms with E-state index < -0.39 is 5.82 Å². The van der Waals surface area contributed by atoms with E-state index in [0.717, 1.165) is 48.8 Å². The third-order valence-electron chi connectivity index (χ3n) is 6.43. The predicted octanol–water partition coefficient (Wildman–Crippen LogP) is 5.62. The highest BCUT2D eigenvalue weighted by atomic mass is 19.1. The van der Waals surface area contributed by atoms with Crippen molar-refractivity contribution in [2.24, 2.45) is 9.98 Å². The summed E-state index contributed by atoms with van der Waals surface area (Å²) in [7, 11) is 0. The molecule has 6 aromatic rings. The second kappa shape index (κ2) is 7.59. The first kappa shape index (κ1) is 20.2. The molecule has 0 amide bonds. The Hall–Kier alpha value is -5.38. The van der Waals surface area contributed by atoms with Gasteiger partial charge in [-0.2, -0.15) is 25.8 Å². The Bertz CT molecular complexity index is 2090. The van der Waals surface area contributed by atoms with Crippen molar-refractivity contribution in [2.45, 2.75) is 0 Å². The SMILES string of the molecule is N#C/N=c1\c2cc(F)ccc2c2cc3/c(=N/C#N)c4cc(-c5ccc(C#N)cc5)ccc4c3cc12. The molecule has 0 atom stereocenters. The maximum Gasteiger partial charge on any atom is 0.206 e. The number of fused-ring (bicyclic) bond motifs is 6. The lowest BCUT2D eigenvalue weighted by Crippen LogP contribution is -1.99. The van der Waals surface area contributed by atoms with Crippen molar-refractivity contribution in [3.8, 4) is 29.6 Å². The molecule has 0 saturated carbocycles. The van der Waals surface area contributed by atoms with Gasteiger partial charge in [-0.1, -0.05) is 30.3 Å². The molecule has 0 heterocycles. The summed E-state index contributed by atoms with van der Waals surface area (Å²) in [5.41, 5.74) is 2.46. The van der Waals surface area contributed by atoms with Crippen LogP contribution < -0.4 is 10.7 Å². The quantitative estimate of drug-likeness (QED) is 0.305. The van der Waals surface area contributed by atoms with Gasteiger partial charge in [-0.15, -0.1) is 0 Å². The molecule has 0 aliphatic carbocycles. The zero-order chi connectivity index (χ0) is 24.1. The lowest BCUT2D eigenvalue weighted by molar-refractivity contribution is 0.629. The molecule has 0 fully saturated rings. The van der Waals surface area contributed by atoms with Crippen molar-refractivity contribution in [3.05, 3.63) is 94.9 Å². The van der Waals surface area contributed by atoms with Gasteiger partial charge in [-0.3, -0.25) is 0 Å². The molecule has 6 heteroatoms. The Labute approximate surface area is 197 Å². The highest BCUT2D eigenvalue weighted by Gasteiger charge is 2.16. The van der Waals surface area contributed by atoms with Crippen LogP contribution >= 0.6 is 0 Å². The topological polar surface area (TPSA) is 96.1 Å². The molecule has 0 saturated heterocycles. The average molecular weight is 449 g/mol. The third kappa shape index (κ3) is 2.97. The van der Waals surface area contributed by atoms with E-state index >= 15 is 0 Å². The number of nitriles is 3. The fourth-order valence-electron chi connectivity index (χ4n) is 4.91. The number of hydrogen-bond acceptors (Lipinski definition) is 5. The summed E-state index contributed by atoms with van der Waals surface area (Å²) in [6.45, 7) is 0. The van der Waals surface area contributed by atoms with Gasteiger partial charge in [0.1, 0.15) is 5.82 Å². The van der Waals surface area contributed by atoms with E-state index in [9.17, 15) is 14.9 Å². The van der Waals surface area contributed by atoms with Gasteiger partial charge in [0.25, 0.3) is 0 Å². The molecule has 5 nitrogen and oxygen atoms in total. The third-order valence-corrected chi connectivity index (χ3v) is 6.43. The minimum absolute atomic E-state index is 0.401. The molecule has 6 aromatic carbocycles. The lowest BCUT2D eigenvalue weighted by Gasteiger charge is -2.02. The maximum atomic E-state index is 14.0. The van der Waals surface area contributed by atoms with E-state index in [1.165, 1.54) is 12.1 Å². The minimum Gasteiger partial charge on any atom is -0.207 e. The summed E-state index contributed by atoms with van der Waals surface area (Å²) in [6.07, 6.45) is 3.76. The fraction of sp³-hybridized carbons (Fsp3) is 0. The van der Waals surface area contributed by atoms with Crippen molar-refractivity contribution in [1.29, 1.82) is 15.8 Å². The summed E-state index contributed by atoms with van der Waals surface area (Å²) in [5.74, 6) is -0.401. The first-order valence-corrected chi connectivity index (χ1v) is 10.7. The molecular formula is C29H12FN5. The van der Waals surface area contributed by atoms with E-state index in [-0.39, 0.29) is 0 Å². The fourth-order valence-corrected chi connectivity index (χ4v) is 4.91. The second-order valence-electron chi connectivity index (χ2n) is 8.20. The zero-order valence-corrected chi connectivity index (χ0v) is 18.0. The Morgan fingerprint density at radius 1 is 0.514 bits per heavy atom. The van der Waals surface area contributed by atoms with Crippen LogP contribution in [0, 0.1) is 40.1 Å². The van der Waals surface area contributed by atoms with Gasteiger partial charge in [-0.05, 0) is 75.1 Å². The number of benzene rings is 4. The predicted molar refractivity (Wildman–Crippen MR) is 131 cm³/mol. The van der Waals surface area contributed by atoms with E-state index in [0.29, 0.717) is 21.7 Å². The van der Waals surface area contributed by atoms with Gasteiger partial charge >= 0.3 is 0 Å². The average Bonchev–Trinajstić information content (AvgIpc) is 3.34. The molecule has 35 heavy (non-hydrogen) atoms. The van der Waals surface area contributed by atoms with Crippen LogP contribution in [0.1, 0.15) is 5.56 Å². The van der Waals surface area contributed by atoms with Gasteiger partial charge in [0.05, 0.1) is 22.3 Å². The van der Waals surface area contributed by atoms with Gasteiger partial charge in [0.15, 0.2) is 0 Å². The van der Waals surface area contributed by atoms with E-state index in [4.69, 9.17) is 5.26 Å². The van der Waals surface area contributed by atoms with E-state index in [1.807, 2.05) is 54.9 Å². The van der Waals surface area contributed by atoms with Gasteiger partial charge < -0.3 is 0 Å². The second-order valence-corrected chi connectivity index (χ2v) is 8.20. The first-order chi connectivity index (χ1) is 17.1. The molecular weight excluding hydrogens is 437 g/mol. The van der Waals surface area contributed by atoms with Crippen LogP contribution in [0.15, 0.2) is 82.8 Å². The largest absolute Gasteiger partial charge is 0.207 e. The number of halogens is 1. The molecule has 0 radical (unpaired) electrons. The van der Waals surface area contributed by atoms with Crippen LogP contribution in [0.25, 0.3) is 54.2 Å². The van der Waals surface area contributed by atoms with Crippen LogP contribution in [-0.2, 0) is 0 Å². The maximum absolute atomic E-state index is 14.0. The number of rotatable bonds is 1. The normalized spacial score (nSPS) is 12.4. The molecule has 0 N–H and O–H groups in total. The highest BCUT2D eigenvalue weighted by molar-refractivity contribution is 6.21. The van der Waals surface area contributed by atoms with Gasteiger partial charge in [-0.25, -0.2) is 4.39 Å². The van der Waals surface area contributed by atoms with Crippen molar-refractivity contribution in [3.63, 3.8) is 0 Å². The van der Waals surface area contributed by atoms with E-state index in [2.05, 4.69) is 16.1 Å².